The van der Waals surface area contributed by atoms with E-state index in [1.165, 1.54) is 31.1 Å². The highest BCUT2D eigenvalue weighted by Gasteiger charge is 2.14. The lowest BCUT2D eigenvalue weighted by Crippen LogP contribution is -2.14. The van der Waals surface area contributed by atoms with Crippen molar-refractivity contribution in [1.29, 1.82) is 0 Å². The molecule has 0 saturated carbocycles. The summed E-state index contributed by atoms with van der Waals surface area (Å²) >= 11 is 0. The molecule has 0 radical (unpaired) electrons. The van der Waals surface area contributed by atoms with Crippen LogP contribution in [0.25, 0.3) is 12.2 Å². The van der Waals surface area contributed by atoms with Crippen LogP contribution in [-0.4, -0.2) is 55.6 Å². The molecule has 3 rings (SSSR count). The number of carbonyl (C=O) groups is 3. The van der Waals surface area contributed by atoms with Crippen molar-refractivity contribution in [2.75, 3.05) is 27.4 Å². The number of para-hydroxylation sites is 1. The van der Waals surface area contributed by atoms with Crippen molar-refractivity contribution in [3.05, 3.63) is 102 Å². The van der Waals surface area contributed by atoms with Gasteiger partial charge >= 0.3 is 17.9 Å². The van der Waals surface area contributed by atoms with E-state index in [-0.39, 0.29) is 17.3 Å². The zero-order chi connectivity index (χ0) is 38.6. The first-order valence-electron chi connectivity index (χ1n) is 18.1. The number of hydrogen-bond acceptors (Lipinski definition) is 8. The van der Waals surface area contributed by atoms with Gasteiger partial charge in [0.25, 0.3) is 0 Å². The number of hydrogen-bond donors (Lipinski definition) is 2. The number of unbranched alkanes of at least 4 members (excludes halogenated alkanes) is 2. The number of carboxylic acid groups (broad SMARTS) is 1. The summed E-state index contributed by atoms with van der Waals surface area (Å²) in [5, 5.41) is 17.9. The third-order valence-corrected chi connectivity index (χ3v) is 8.18. The van der Waals surface area contributed by atoms with Crippen LogP contribution in [-0.2, 0) is 19.1 Å². The monoisotopic (exact) mass is 718 g/mol. The van der Waals surface area contributed by atoms with Gasteiger partial charge in [-0.15, -0.1) is 0 Å². The van der Waals surface area contributed by atoms with Crippen LogP contribution in [0, 0.1) is 11.8 Å². The van der Waals surface area contributed by atoms with E-state index in [9.17, 15) is 19.5 Å². The molecule has 2 unspecified atom stereocenters. The molecule has 0 aromatic heterocycles. The Morgan fingerprint density at radius 1 is 0.654 bits per heavy atom. The molecule has 9 heteroatoms. The smallest absolute Gasteiger partial charge is 0.341 e. The molecule has 0 bridgehead atoms. The van der Waals surface area contributed by atoms with Crippen LogP contribution in [0.1, 0.15) is 101 Å². The van der Waals surface area contributed by atoms with Gasteiger partial charge in [0.05, 0.1) is 27.4 Å². The van der Waals surface area contributed by atoms with Gasteiger partial charge in [0.1, 0.15) is 22.8 Å². The molecule has 0 saturated heterocycles. The molecule has 3 aromatic carbocycles. The molecule has 284 valence electrons. The van der Waals surface area contributed by atoms with Gasteiger partial charge in [-0.2, -0.15) is 0 Å². The number of phenolic OH excluding ortho intramolecular Hbond substituents is 1. The zero-order valence-corrected chi connectivity index (χ0v) is 31.7. The number of benzene rings is 3. The standard InChI is InChI=1S/C18H26O3.C15H22O3.C10H10O3/c1-4-6-7-15(5-2)14-21-18(19)13-10-16-8-11-17(20-3)12-9-16;1-3-5-8-12(4-2)11-18-15(17)13-9-6-7-10-14(13)16;1-13-9-5-2-8(3-6-9)4-7-10(11)12/h8-13,15H,4-7,14H2,1-3H3;6-7,9-10,12,16H,3-5,8,11H2,1-2H3;2-7H,1H3,(H,11,12). The largest absolute Gasteiger partial charge is 0.507 e. The highest BCUT2D eigenvalue weighted by Crippen LogP contribution is 2.19. The van der Waals surface area contributed by atoms with Crippen LogP contribution >= 0.6 is 0 Å². The highest BCUT2D eigenvalue weighted by atomic mass is 16.5. The maximum absolute atomic E-state index is 11.8. The third-order valence-electron chi connectivity index (χ3n) is 8.18. The number of methoxy groups -OCH3 is 2. The first kappa shape index (κ1) is 45.0. The number of aliphatic carboxylic acids is 1. The van der Waals surface area contributed by atoms with Crippen LogP contribution in [0.2, 0.25) is 0 Å². The second-order valence-corrected chi connectivity index (χ2v) is 12.1. The number of phenols is 1. The predicted molar refractivity (Wildman–Crippen MR) is 208 cm³/mol. The van der Waals surface area contributed by atoms with Crippen molar-refractivity contribution in [1.82, 2.24) is 0 Å². The van der Waals surface area contributed by atoms with Gasteiger partial charge in [0, 0.05) is 12.2 Å². The van der Waals surface area contributed by atoms with Crippen LogP contribution in [0.3, 0.4) is 0 Å². The topological polar surface area (TPSA) is 129 Å². The van der Waals surface area contributed by atoms with Gasteiger partial charge in [-0.1, -0.05) is 103 Å². The average Bonchev–Trinajstić information content (AvgIpc) is 3.17. The second kappa shape index (κ2) is 27.6. The zero-order valence-electron chi connectivity index (χ0n) is 31.7. The Morgan fingerprint density at radius 3 is 1.54 bits per heavy atom. The lowest BCUT2D eigenvalue weighted by atomic mass is 10.0. The van der Waals surface area contributed by atoms with Crippen LogP contribution in [0.4, 0.5) is 0 Å². The van der Waals surface area contributed by atoms with Crippen LogP contribution in [0.5, 0.6) is 17.2 Å². The summed E-state index contributed by atoms with van der Waals surface area (Å²) in [6, 6.07) is 21.1. The molecule has 2 atom stereocenters. The molecular formula is C43H58O9. The summed E-state index contributed by atoms with van der Waals surface area (Å²) in [6.07, 6.45) is 14.8. The number of esters is 2. The minimum atomic E-state index is -0.948. The quantitative estimate of drug-likeness (QED) is 0.0919. The molecule has 0 spiro atoms. The Labute approximate surface area is 310 Å². The number of carboxylic acids is 1. The van der Waals surface area contributed by atoms with Crippen molar-refractivity contribution in [3.63, 3.8) is 0 Å². The first-order chi connectivity index (χ1) is 25.1. The summed E-state index contributed by atoms with van der Waals surface area (Å²) in [6.45, 7) is 9.53. The Kier molecular flexibility index (Phi) is 23.9. The van der Waals surface area contributed by atoms with Gasteiger partial charge in [-0.05, 0) is 84.4 Å². The lowest BCUT2D eigenvalue weighted by molar-refractivity contribution is -0.139. The fourth-order valence-corrected chi connectivity index (χ4v) is 4.72. The Bertz CT molecular complexity index is 1480. The SMILES string of the molecule is CCCCC(CC)COC(=O)C=Cc1ccc(OC)cc1.CCCCC(CC)COC(=O)c1ccccc1O.COc1ccc(C=CC(=O)O)cc1. The number of aromatic hydroxyl groups is 1. The van der Waals surface area contributed by atoms with Gasteiger partial charge in [0.2, 0.25) is 0 Å². The van der Waals surface area contributed by atoms with Gasteiger partial charge in [-0.3, -0.25) is 0 Å². The van der Waals surface area contributed by atoms with Gasteiger partial charge in [0.15, 0.2) is 0 Å². The summed E-state index contributed by atoms with van der Waals surface area (Å²) in [4.78, 5) is 33.7. The molecule has 2 N–H and O–H groups in total. The minimum Gasteiger partial charge on any atom is -0.507 e. The van der Waals surface area contributed by atoms with Gasteiger partial charge in [-0.25, -0.2) is 14.4 Å². The van der Waals surface area contributed by atoms with Gasteiger partial charge < -0.3 is 29.2 Å². The number of carbonyl (C=O) groups excluding carboxylic acids is 2. The second-order valence-electron chi connectivity index (χ2n) is 12.1. The number of ether oxygens (including phenoxy) is 4. The minimum absolute atomic E-state index is 0.0240. The van der Waals surface area contributed by atoms with E-state index >= 15 is 0 Å². The molecule has 0 aliphatic rings. The Morgan fingerprint density at radius 2 is 1.12 bits per heavy atom. The predicted octanol–water partition coefficient (Wildman–Crippen LogP) is 10.0. The molecule has 0 aliphatic heterocycles. The summed E-state index contributed by atoms with van der Waals surface area (Å²) in [7, 11) is 3.22. The van der Waals surface area contributed by atoms with Crippen molar-refractivity contribution in [2.24, 2.45) is 11.8 Å². The fourth-order valence-electron chi connectivity index (χ4n) is 4.72. The highest BCUT2D eigenvalue weighted by molar-refractivity contribution is 5.92. The van der Waals surface area contributed by atoms with Crippen molar-refractivity contribution >= 4 is 30.1 Å². The lowest BCUT2D eigenvalue weighted by Gasteiger charge is -2.14. The normalized spacial score (nSPS) is 11.7. The van der Waals surface area contributed by atoms with E-state index in [2.05, 4.69) is 27.7 Å². The molecule has 3 aromatic rings. The summed E-state index contributed by atoms with van der Waals surface area (Å²) in [5.74, 6) is 0.760. The van der Waals surface area contributed by atoms with Crippen molar-refractivity contribution in [2.45, 2.75) is 79.1 Å². The van der Waals surface area contributed by atoms with E-state index in [1.54, 1.807) is 62.8 Å². The molecule has 52 heavy (non-hydrogen) atoms. The maximum Gasteiger partial charge on any atom is 0.341 e. The third kappa shape index (κ3) is 20.0. The fraction of sp³-hybridized carbons (Fsp3) is 0.419. The van der Waals surface area contributed by atoms with Crippen molar-refractivity contribution in [3.8, 4) is 17.2 Å². The van der Waals surface area contributed by atoms with E-state index in [4.69, 9.17) is 24.1 Å². The average molecular weight is 719 g/mol. The molecule has 9 nitrogen and oxygen atoms in total. The maximum atomic E-state index is 11.8. The van der Waals surface area contributed by atoms with E-state index in [0.29, 0.717) is 25.0 Å². The first-order valence-corrected chi connectivity index (χ1v) is 18.1. The molecular weight excluding hydrogens is 660 g/mol. The van der Waals surface area contributed by atoms with E-state index in [1.807, 2.05) is 24.3 Å². The van der Waals surface area contributed by atoms with Crippen molar-refractivity contribution < 1.29 is 43.5 Å². The van der Waals surface area contributed by atoms with Crippen LogP contribution < -0.4 is 9.47 Å². The summed E-state index contributed by atoms with van der Waals surface area (Å²) in [5.41, 5.74) is 2.02. The Balaban J connectivity index is 0.000000400. The molecule has 0 fully saturated rings. The molecule has 0 amide bonds. The van der Waals surface area contributed by atoms with E-state index < -0.39 is 11.9 Å². The Hall–Kier alpha value is -5.05. The summed E-state index contributed by atoms with van der Waals surface area (Å²) < 4.78 is 20.6. The molecule has 0 heterocycles. The van der Waals surface area contributed by atoms with E-state index in [0.717, 1.165) is 67.2 Å². The molecule has 0 aliphatic carbocycles. The number of rotatable bonds is 19. The van der Waals surface area contributed by atoms with Crippen LogP contribution in [0.15, 0.2) is 84.9 Å².